The standard InChI is InChI=1S/C21H33NO2/c1-14(2)18-12-7-15(3)13-19(18)22(20(23)24)17-10-8-16(9-11-17)21(4,5)6/h8-11,14-15,18-19H,7,12-13H2,1-6H3,(H,23,24)/t15-,18+,19-/m1/s1. The van der Waals surface area contributed by atoms with E-state index in [4.69, 9.17) is 0 Å². The number of hydrogen-bond acceptors (Lipinski definition) is 1. The van der Waals surface area contributed by atoms with Gasteiger partial charge in [0.2, 0.25) is 0 Å². The largest absolute Gasteiger partial charge is 0.465 e. The van der Waals surface area contributed by atoms with E-state index in [9.17, 15) is 9.90 Å². The third kappa shape index (κ3) is 4.12. The maximum Gasteiger partial charge on any atom is 0.412 e. The van der Waals surface area contributed by atoms with Crippen LogP contribution in [-0.4, -0.2) is 17.2 Å². The van der Waals surface area contributed by atoms with E-state index in [0.29, 0.717) is 17.8 Å². The van der Waals surface area contributed by atoms with E-state index in [1.165, 1.54) is 12.0 Å². The zero-order valence-corrected chi connectivity index (χ0v) is 16.0. The van der Waals surface area contributed by atoms with E-state index < -0.39 is 6.09 Å². The molecule has 1 aliphatic carbocycles. The number of nitrogens with zero attached hydrogens (tertiary/aromatic N) is 1. The average molecular weight is 332 g/mol. The van der Waals surface area contributed by atoms with Gasteiger partial charge in [-0.25, -0.2) is 4.79 Å². The summed E-state index contributed by atoms with van der Waals surface area (Å²) in [5, 5.41) is 9.92. The molecule has 2 rings (SSSR count). The van der Waals surface area contributed by atoms with Crippen LogP contribution in [0.2, 0.25) is 0 Å². The molecular formula is C21H33NO2. The zero-order chi connectivity index (χ0) is 18.1. The lowest BCUT2D eigenvalue weighted by molar-refractivity contribution is 0.166. The first-order chi connectivity index (χ1) is 11.1. The van der Waals surface area contributed by atoms with E-state index in [-0.39, 0.29) is 11.5 Å². The number of benzene rings is 1. The second-order valence-electron chi connectivity index (χ2n) is 8.84. The minimum Gasteiger partial charge on any atom is -0.465 e. The molecule has 1 amide bonds. The summed E-state index contributed by atoms with van der Waals surface area (Å²) >= 11 is 0. The Morgan fingerprint density at radius 3 is 2.21 bits per heavy atom. The van der Waals surface area contributed by atoms with Gasteiger partial charge in [0.15, 0.2) is 0 Å². The van der Waals surface area contributed by atoms with Gasteiger partial charge >= 0.3 is 6.09 Å². The van der Waals surface area contributed by atoms with Crippen LogP contribution in [0.3, 0.4) is 0 Å². The summed E-state index contributed by atoms with van der Waals surface area (Å²) in [4.78, 5) is 13.7. The van der Waals surface area contributed by atoms with E-state index in [1.807, 2.05) is 12.1 Å². The van der Waals surface area contributed by atoms with Crippen LogP contribution in [0.4, 0.5) is 10.5 Å². The molecule has 1 aromatic rings. The molecule has 3 atom stereocenters. The quantitative estimate of drug-likeness (QED) is 0.745. The van der Waals surface area contributed by atoms with Crippen LogP contribution < -0.4 is 4.90 Å². The smallest absolute Gasteiger partial charge is 0.412 e. The van der Waals surface area contributed by atoms with Crippen molar-refractivity contribution in [2.45, 2.75) is 72.3 Å². The molecule has 0 unspecified atom stereocenters. The second-order valence-corrected chi connectivity index (χ2v) is 8.84. The molecule has 1 aliphatic rings. The Bertz CT molecular complexity index is 556. The fourth-order valence-corrected chi connectivity index (χ4v) is 4.01. The Morgan fingerprint density at radius 2 is 1.75 bits per heavy atom. The SMILES string of the molecule is CC(C)[C@@H]1CC[C@@H](C)C[C@H]1N(C(=O)O)c1ccc(C(C)(C)C)cc1. The average Bonchev–Trinajstić information content (AvgIpc) is 2.46. The lowest BCUT2D eigenvalue weighted by Gasteiger charge is -2.42. The molecule has 0 saturated heterocycles. The summed E-state index contributed by atoms with van der Waals surface area (Å²) in [6.07, 6.45) is 2.45. The Balaban J connectivity index is 2.35. The monoisotopic (exact) mass is 331 g/mol. The van der Waals surface area contributed by atoms with Crippen LogP contribution in [0.1, 0.15) is 66.4 Å². The van der Waals surface area contributed by atoms with Crippen molar-refractivity contribution >= 4 is 11.8 Å². The summed E-state index contributed by atoms with van der Waals surface area (Å²) in [6, 6.07) is 8.17. The van der Waals surface area contributed by atoms with Gasteiger partial charge in [0.1, 0.15) is 0 Å². The van der Waals surface area contributed by atoms with Crippen molar-refractivity contribution in [3.63, 3.8) is 0 Å². The first-order valence-corrected chi connectivity index (χ1v) is 9.24. The van der Waals surface area contributed by atoms with Crippen molar-refractivity contribution in [1.29, 1.82) is 0 Å². The minimum atomic E-state index is -0.830. The molecule has 1 N–H and O–H groups in total. The predicted octanol–water partition coefficient (Wildman–Crippen LogP) is 5.93. The van der Waals surface area contributed by atoms with E-state index >= 15 is 0 Å². The third-order valence-electron chi connectivity index (χ3n) is 5.54. The summed E-state index contributed by atoms with van der Waals surface area (Å²) in [7, 11) is 0. The van der Waals surface area contributed by atoms with Crippen LogP contribution in [-0.2, 0) is 5.41 Å². The van der Waals surface area contributed by atoms with Gasteiger partial charge in [-0.3, -0.25) is 4.90 Å². The second kappa shape index (κ2) is 7.16. The Kier molecular flexibility index (Phi) is 5.62. The van der Waals surface area contributed by atoms with Gasteiger partial charge in [-0.15, -0.1) is 0 Å². The molecule has 0 spiro atoms. The molecule has 0 bridgehead atoms. The summed E-state index contributed by atoms with van der Waals surface area (Å²) in [6.45, 7) is 13.2. The van der Waals surface area contributed by atoms with Crippen LogP contribution >= 0.6 is 0 Å². The van der Waals surface area contributed by atoms with Gasteiger partial charge in [0.05, 0.1) is 0 Å². The highest BCUT2D eigenvalue weighted by molar-refractivity contribution is 5.86. The van der Waals surface area contributed by atoms with Crippen LogP contribution in [0.5, 0.6) is 0 Å². The first kappa shape index (κ1) is 18.8. The van der Waals surface area contributed by atoms with Gasteiger partial charge in [-0.1, -0.05) is 60.1 Å². The Morgan fingerprint density at radius 1 is 1.17 bits per heavy atom. The van der Waals surface area contributed by atoms with Gasteiger partial charge < -0.3 is 5.11 Å². The lowest BCUT2D eigenvalue weighted by Crippen LogP contribution is -2.48. The van der Waals surface area contributed by atoms with Gasteiger partial charge in [0.25, 0.3) is 0 Å². The van der Waals surface area contributed by atoms with Crippen LogP contribution in [0.25, 0.3) is 0 Å². The van der Waals surface area contributed by atoms with E-state index in [2.05, 4.69) is 53.7 Å². The van der Waals surface area contributed by atoms with Crippen LogP contribution in [0.15, 0.2) is 24.3 Å². The molecule has 0 radical (unpaired) electrons. The van der Waals surface area contributed by atoms with Crippen LogP contribution in [0, 0.1) is 17.8 Å². The number of hydrogen-bond donors (Lipinski definition) is 1. The highest BCUT2D eigenvalue weighted by atomic mass is 16.4. The number of rotatable bonds is 3. The molecule has 0 heterocycles. The van der Waals surface area contributed by atoms with Gasteiger partial charge in [-0.05, 0) is 53.7 Å². The van der Waals surface area contributed by atoms with Gasteiger partial charge in [-0.2, -0.15) is 0 Å². The number of carboxylic acid groups (broad SMARTS) is 1. The highest BCUT2D eigenvalue weighted by Gasteiger charge is 2.37. The predicted molar refractivity (Wildman–Crippen MR) is 101 cm³/mol. The molecule has 24 heavy (non-hydrogen) atoms. The van der Waals surface area contributed by atoms with Gasteiger partial charge in [0, 0.05) is 11.7 Å². The van der Waals surface area contributed by atoms with Crippen molar-refractivity contribution in [2.75, 3.05) is 4.90 Å². The molecule has 1 fully saturated rings. The lowest BCUT2D eigenvalue weighted by atomic mass is 9.73. The fraction of sp³-hybridized carbons (Fsp3) is 0.667. The summed E-state index contributed by atoms with van der Waals surface area (Å²) in [5.41, 5.74) is 2.11. The summed E-state index contributed by atoms with van der Waals surface area (Å²) < 4.78 is 0. The van der Waals surface area contributed by atoms with E-state index in [0.717, 1.165) is 18.5 Å². The van der Waals surface area contributed by atoms with Crippen molar-refractivity contribution in [3.05, 3.63) is 29.8 Å². The highest BCUT2D eigenvalue weighted by Crippen LogP contribution is 2.38. The Labute approximate surface area is 147 Å². The molecule has 1 aromatic carbocycles. The topological polar surface area (TPSA) is 40.5 Å². The molecule has 134 valence electrons. The number of carbonyl (C=O) groups is 1. The maximum absolute atomic E-state index is 12.1. The summed E-state index contributed by atoms with van der Waals surface area (Å²) in [5.74, 6) is 1.51. The number of amides is 1. The molecule has 3 nitrogen and oxygen atoms in total. The molecule has 0 aromatic heterocycles. The number of anilines is 1. The molecular weight excluding hydrogens is 298 g/mol. The molecule has 1 saturated carbocycles. The first-order valence-electron chi connectivity index (χ1n) is 9.24. The minimum absolute atomic E-state index is 0.0757. The van der Waals surface area contributed by atoms with Crippen molar-refractivity contribution in [1.82, 2.24) is 0 Å². The maximum atomic E-state index is 12.1. The zero-order valence-electron chi connectivity index (χ0n) is 16.0. The van der Waals surface area contributed by atoms with Crippen molar-refractivity contribution in [2.24, 2.45) is 17.8 Å². The normalized spacial score (nSPS) is 24.9. The molecule has 3 heteroatoms. The Hall–Kier alpha value is -1.51. The molecule has 0 aliphatic heterocycles. The van der Waals surface area contributed by atoms with E-state index in [1.54, 1.807) is 4.90 Å². The van der Waals surface area contributed by atoms with Crippen molar-refractivity contribution in [3.8, 4) is 0 Å². The fourth-order valence-electron chi connectivity index (χ4n) is 4.01. The third-order valence-corrected chi connectivity index (χ3v) is 5.54. The van der Waals surface area contributed by atoms with Crippen molar-refractivity contribution < 1.29 is 9.90 Å².